The molecule has 0 radical (unpaired) electrons. The fraction of sp³-hybridized carbons (Fsp3) is 0.200. The van der Waals surface area contributed by atoms with Crippen molar-refractivity contribution in [2.75, 3.05) is 0 Å². The summed E-state index contributed by atoms with van der Waals surface area (Å²) in [5.41, 5.74) is 0.896. The molecule has 6 heteroatoms. The number of benzene rings is 2. The third-order valence-corrected chi connectivity index (χ3v) is 3.79. The monoisotopic (exact) mass is 354 g/mol. The lowest BCUT2D eigenvalue weighted by molar-refractivity contribution is -0.268. The van der Waals surface area contributed by atoms with E-state index in [4.69, 9.17) is 0 Å². The molecule has 0 aliphatic carbocycles. The Labute approximate surface area is 151 Å². The van der Waals surface area contributed by atoms with Crippen molar-refractivity contribution in [1.82, 2.24) is 5.32 Å². The first kappa shape index (κ1) is 19.1. The zero-order valence-corrected chi connectivity index (χ0v) is 14.7. The Morgan fingerprint density at radius 1 is 1.08 bits per heavy atom. The number of rotatable bonds is 4. The topological polar surface area (TPSA) is 110 Å². The first-order valence-corrected chi connectivity index (χ1v) is 7.95. The highest BCUT2D eigenvalue weighted by atomic mass is 16.4. The van der Waals surface area contributed by atoms with Crippen molar-refractivity contribution < 1.29 is 24.9 Å². The Bertz CT molecular complexity index is 861. The van der Waals surface area contributed by atoms with Crippen LogP contribution in [0.3, 0.4) is 0 Å². The number of hydrogen-bond acceptors (Lipinski definition) is 4. The summed E-state index contributed by atoms with van der Waals surface area (Å²) < 4.78 is 0. The molecule has 0 aliphatic rings. The minimum Gasteiger partial charge on any atom is -0.872 e. The minimum absolute atomic E-state index is 0.0450. The second kappa shape index (κ2) is 7.31. The average Bonchev–Trinajstić information content (AvgIpc) is 2.55. The number of aliphatic carboxylic acids is 1. The van der Waals surface area contributed by atoms with Crippen molar-refractivity contribution in [1.29, 1.82) is 0 Å². The van der Waals surface area contributed by atoms with Crippen LogP contribution < -0.4 is 10.4 Å². The Balaban J connectivity index is 2.26. The number of carbonyl (C=O) groups excluding carboxylic acids is 1. The van der Waals surface area contributed by atoms with Gasteiger partial charge in [0.05, 0.1) is 0 Å². The Kier molecular flexibility index (Phi) is 5.35. The van der Waals surface area contributed by atoms with Crippen LogP contribution in [-0.2, 0) is 10.2 Å². The first-order chi connectivity index (χ1) is 12.1. The van der Waals surface area contributed by atoms with Gasteiger partial charge in [0.1, 0.15) is 11.4 Å². The van der Waals surface area contributed by atoms with Gasteiger partial charge in [0, 0.05) is 5.56 Å². The molecule has 0 aromatic heterocycles. The second-order valence-corrected chi connectivity index (χ2v) is 6.87. The standard InChI is InChI=1S/C20H21NO5/c1-20(2,3)14-7-4-12(5-8-14)18(24)21-16(19(25)26)10-13-6-9-15(22)11-17(13)23/h4-11,22-23H,1-3H3,(H,21,24)(H,25,26)/p-1/b16-10+. The summed E-state index contributed by atoms with van der Waals surface area (Å²) >= 11 is 0. The number of phenolic OH excluding ortho intramolecular Hbond substituents is 1. The maximum atomic E-state index is 12.3. The van der Waals surface area contributed by atoms with E-state index in [0.29, 0.717) is 5.56 Å². The van der Waals surface area contributed by atoms with Gasteiger partial charge in [0.2, 0.25) is 0 Å². The van der Waals surface area contributed by atoms with Gasteiger partial charge in [-0.2, -0.15) is 0 Å². The van der Waals surface area contributed by atoms with E-state index in [1.165, 1.54) is 12.1 Å². The van der Waals surface area contributed by atoms with Crippen LogP contribution in [0, 0.1) is 0 Å². The molecule has 0 atom stereocenters. The zero-order valence-electron chi connectivity index (χ0n) is 14.7. The molecule has 2 aromatic carbocycles. The number of amides is 1. The van der Waals surface area contributed by atoms with Crippen LogP contribution >= 0.6 is 0 Å². The summed E-state index contributed by atoms with van der Waals surface area (Å²) in [6.45, 7) is 6.14. The third kappa shape index (κ3) is 4.63. The highest BCUT2D eigenvalue weighted by Gasteiger charge is 2.16. The van der Waals surface area contributed by atoms with Crippen molar-refractivity contribution in [3.8, 4) is 11.5 Å². The Morgan fingerprint density at radius 2 is 1.69 bits per heavy atom. The van der Waals surface area contributed by atoms with Crippen LogP contribution in [0.5, 0.6) is 11.5 Å². The summed E-state index contributed by atoms with van der Waals surface area (Å²) in [5.74, 6) is -2.73. The largest absolute Gasteiger partial charge is 0.872 e. The van der Waals surface area contributed by atoms with Crippen molar-refractivity contribution in [2.45, 2.75) is 26.2 Å². The molecule has 0 saturated heterocycles. The van der Waals surface area contributed by atoms with Gasteiger partial charge in [-0.25, -0.2) is 4.79 Å². The summed E-state index contributed by atoms with van der Waals surface area (Å²) in [7, 11) is 0. The van der Waals surface area contributed by atoms with E-state index in [9.17, 15) is 24.9 Å². The van der Waals surface area contributed by atoms with Crippen molar-refractivity contribution in [3.05, 3.63) is 64.9 Å². The van der Waals surface area contributed by atoms with Gasteiger partial charge < -0.3 is 20.6 Å². The van der Waals surface area contributed by atoms with E-state index in [1.807, 2.05) is 32.9 Å². The van der Waals surface area contributed by atoms with Crippen molar-refractivity contribution in [2.24, 2.45) is 0 Å². The molecule has 2 rings (SSSR count). The maximum absolute atomic E-state index is 12.3. The molecule has 0 unspecified atom stereocenters. The van der Waals surface area contributed by atoms with Crippen molar-refractivity contribution >= 4 is 18.0 Å². The Morgan fingerprint density at radius 3 is 2.19 bits per heavy atom. The third-order valence-electron chi connectivity index (χ3n) is 3.79. The molecule has 0 fully saturated rings. The van der Waals surface area contributed by atoms with E-state index < -0.39 is 23.3 Å². The van der Waals surface area contributed by atoms with Gasteiger partial charge in [0.25, 0.3) is 5.91 Å². The molecule has 0 spiro atoms. The normalized spacial score (nSPS) is 11.9. The SMILES string of the molecule is CC(C)(C)c1ccc(C(=O)N/C(=C/c2ccc(O)cc2[O-])C(=O)O)cc1. The maximum Gasteiger partial charge on any atom is 0.352 e. The fourth-order valence-electron chi connectivity index (χ4n) is 2.27. The summed E-state index contributed by atoms with van der Waals surface area (Å²) in [4.78, 5) is 23.7. The van der Waals surface area contributed by atoms with Crippen LogP contribution in [0.4, 0.5) is 0 Å². The van der Waals surface area contributed by atoms with Gasteiger partial charge >= 0.3 is 5.97 Å². The van der Waals surface area contributed by atoms with Crippen LogP contribution in [0.1, 0.15) is 42.3 Å². The molecule has 1 amide bonds. The molecule has 0 saturated carbocycles. The smallest absolute Gasteiger partial charge is 0.352 e. The number of nitrogens with one attached hydrogen (secondary N) is 1. The van der Waals surface area contributed by atoms with E-state index in [2.05, 4.69) is 5.32 Å². The molecule has 136 valence electrons. The number of phenols is 1. The predicted molar refractivity (Wildman–Crippen MR) is 95.8 cm³/mol. The summed E-state index contributed by atoms with van der Waals surface area (Å²) in [6.07, 6.45) is 1.06. The minimum atomic E-state index is -1.38. The summed E-state index contributed by atoms with van der Waals surface area (Å²) in [6, 6.07) is 10.4. The lowest BCUT2D eigenvalue weighted by atomic mass is 9.87. The van der Waals surface area contributed by atoms with Crippen LogP contribution in [0.15, 0.2) is 48.2 Å². The lowest BCUT2D eigenvalue weighted by Gasteiger charge is -2.19. The zero-order chi connectivity index (χ0) is 19.5. The first-order valence-electron chi connectivity index (χ1n) is 7.95. The molecule has 26 heavy (non-hydrogen) atoms. The summed E-state index contributed by atoms with van der Waals surface area (Å²) in [5, 5.41) is 32.6. The van der Waals surface area contributed by atoms with Crippen LogP contribution in [0.25, 0.3) is 6.08 Å². The predicted octanol–water partition coefficient (Wildman–Crippen LogP) is 2.62. The Hall–Kier alpha value is -3.28. The fourth-order valence-corrected chi connectivity index (χ4v) is 2.27. The van der Waals surface area contributed by atoms with Gasteiger partial charge in [-0.15, -0.1) is 0 Å². The molecule has 6 nitrogen and oxygen atoms in total. The van der Waals surface area contributed by atoms with Gasteiger partial charge in [-0.3, -0.25) is 4.79 Å². The molecule has 3 N–H and O–H groups in total. The van der Waals surface area contributed by atoms with Gasteiger partial charge in [-0.1, -0.05) is 44.7 Å². The van der Waals surface area contributed by atoms with Gasteiger partial charge in [-0.05, 0) is 46.9 Å². The van der Waals surface area contributed by atoms with Crippen LogP contribution in [0.2, 0.25) is 0 Å². The lowest BCUT2D eigenvalue weighted by Crippen LogP contribution is -2.27. The molecule has 0 heterocycles. The number of carboxylic acid groups (broad SMARTS) is 1. The van der Waals surface area contributed by atoms with E-state index >= 15 is 0 Å². The molecule has 2 aromatic rings. The highest BCUT2D eigenvalue weighted by Crippen LogP contribution is 2.23. The average molecular weight is 354 g/mol. The number of carboxylic acids is 1. The van der Waals surface area contributed by atoms with E-state index in [0.717, 1.165) is 17.7 Å². The highest BCUT2D eigenvalue weighted by molar-refractivity contribution is 6.02. The number of aromatic hydroxyl groups is 1. The second-order valence-electron chi connectivity index (χ2n) is 6.87. The van der Waals surface area contributed by atoms with E-state index in [1.54, 1.807) is 12.1 Å². The number of hydrogen-bond donors (Lipinski definition) is 3. The van der Waals surface area contributed by atoms with Crippen LogP contribution in [-0.4, -0.2) is 22.1 Å². The molecule has 0 aliphatic heterocycles. The molecular weight excluding hydrogens is 334 g/mol. The van der Waals surface area contributed by atoms with E-state index in [-0.39, 0.29) is 16.7 Å². The quantitative estimate of drug-likeness (QED) is 0.731. The van der Waals surface area contributed by atoms with Gasteiger partial charge in [0.15, 0.2) is 0 Å². The van der Waals surface area contributed by atoms with Crippen molar-refractivity contribution in [3.63, 3.8) is 0 Å². The molecule has 0 bridgehead atoms. The number of carbonyl (C=O) groups is 2. The molecular formula is C20H20NO5-.